The molecule has 1 aromatic carbocycles. The number of nitrogens with one attached hydrogen (secondary N) is 1. The molecule has 0 saturated heterocycles. The first-order valence-corrected chi connectivity index (χ1v) is 7.21. The van der Waals surface area contributed by atoms with Crippen LogP contribution in [0.1, 0.15) is 56.6 Å². The maximum atomic E-state index is 13.7. The number of unbranched alkanes of at least 4 members (excludes halogenated alkanes) is 3. The fraction of sp³-hybridized carbons (Fsp3) is 0.562. The molecule has 0 bridgehead atoms. The fourth-order valence-electron chi connectivity index (χ4n) is 2.11. The van der Waals surface area contributed by atoms with Crippen LogP contribution in [0.4, 0.5) is 4.39 Å². The molecule has 2 nitrogen and oxygen atoms in total. The summed E-state index contributed by atoms with van der Waals surface area (Å²) in [6.45, 7) is 2.16. The summed E-state index contributed by atoms with van der Waals surface area (Å²) in [6.07, 6.45) is 5.88. The minimum atomic E-state index is -0.690. The predicted octanol–water partition coefficient (Wildman–Crippen LogP) is 4.21. The summed E-state index contributed by atoms with van der Waals surface area (Å²) >= 11 is 0. The van der Waals surface area contributed by atoms with E-state index in [1.165, 1.54) is 12.8 Å². The Morgan fingerprint density at radius 3 is 2.42 bits per heavy atom. The van der Waals surface area contributed by atoms with Gasteiger partial charge in [0.25, 0.3) is 0 Å². The highest BCUT2D eigenvalue weighted by molar-refractivity contribution is 5.94. The van der Waals surface area contributed by atoms with Gasteiger partial charge in [-0.05, 0) is 24.8 Å². The lowest BCUT2D eigenvalue weighted by Gasteiger charge is -2.08. The van der Waals surface area contributed by atoms with E-state index in [1.54, 1.807) is 0 Å². The lowest BCUT2D eigenvalue weighted by atomic mass is 10.0. The third-order valence-corrected chi connectivity index (χ3v) is 3.38. The molecule has 0 radical (unpaired) electrons. The summed E-state index contributed by atoms with van der Waals surface area (Å²) in [5.74, 6) is 0.0749. The van der Waals surface area contributed by atoms with E-state index in [1.807, 2.05) is 24.3 Å². The van der Waals surface area contributed by atoms with E-state index < -0.39 is 6.17 Å². The third kappa shape index (κ3) is 6.37. The van der Waals surface area contributed by atoms with Crippen molar-refractivity contribution in [2.24, 2.45) is 5.73 Å². The van der Waals surface area contributed by atoms with E-state index in [-0.39, 0.29) is 5.84 Å². The number of amidine groups is 1. The third-order valence-electron chi connectivity index (χ3n) is 3.38. The van der Waals surface area contributed by atoms with Crippen molar-refractivity contribution in [1.82, 2.24) is 0 Å². The number of nitrogen functional groups attached to an aromatic ring is 1. The van der Waals surface area contributed by atoms with E-state index in [4.69, 9.17) is 11.1 Å². The summed E-state index contributed by atoms with van der Waals surface area (Å²) in [4.78, 5) is 0. The highest BCUT2D eigenvalue weighted by atomic mass is 19.1. The quantitative estimate of drug-likeness (QED) is 0.392. The molecule has 106 valence electrons. The first-order chi connectivity index (χ1) is 9.13. The van der Waals surface area contributed by atoms with Gasteiger partial charge in [-0.2, -0.15) is 0 Å². The molecule has 0 aliphatic heterocycles. The monoisotopic (exact) mass is 264 g/mol. The molecule has 0 amide bonds. The number of benzene rings is 1. The molecule has 0 fully saturated rings. The first-order valence-electron chi connectivity index (χ1n) is 7.21. The van der Waals surface area contributed by atoms with Crippen molar-refractivity contribution in [3.8, 4) is 0 Å². The van der Waals surface area contributed by atoms with E-state index in [2.05, 4.69) is 6.92 Å². The van der Waals surface area contributed by atoms with Crippen LogP contribution in [0.3, 0.4) is 0 Å². The molecule has 0 heterocycles. The Labute approximate surface area is 115 Å². The Kier molecular flexibility index (Phi) is 7.16. The van der Waals surface area contributed by atoms with E-state index in [0.29, 0.717) is 12.8 Å². The van der Waals surface area contributed by atoms with Crippen LogP contribution in [0.5, 0.6) is 0 Å². The predicted molar refractivity (Wildman–Crippen MR) is 79.4 cm³/mol. The standard InChI is InChI=1S/C16H25FN2/c1-2-3-4-5-6-15(17)12-9-13-7-10-14(11-8-13)16(18)19/h7-8,10-11,15H,2-6,9,12H2,1H3,(H3,18,19)/t15-/m0/s1. The van der Waals surface area contributed by atoms with E-state index in [9.17, 15) is 4.39 Å². The Morgan fingerprint density at radius 1 is 1.16 bits per heavy atom. The van der Waals surface area contributed by atoms with Gasteiger partial charge in [0.15, 0.2) is 0 Å². The highest BCUT2D eigenvalue weighted by Gasteiger charge is 2.06. The zero-order valence-electron chi connectivity index (χ0n) is 11.8. The Hall–Kier alpha value is -1.38. The molecule has 1 atom stereocenters. The number of rotatable bonds is 9. The van der Waals surface area contributed by atoms with Gasteiger partial charge in [0, 0.05) is 5.56 Å². The maximum absolute atomic E-state index is 13.7. The van der Waals surface area contributed by atoms with Crippen LogP contribution >= 0.6 is 0 Å². The largest absolute Gasteiger partial charge is 0.384 e. The number of hydrogen-bond acceptors (Lipinski definition) is 1. The van der Waals surface area contributed by atoms with Gasteiger partial charge < -0.3 is 5.73 Å². The fourth-order valence-corrected chi connectivity index (χ4v) is 2.11. The molecule has 3 heteroatoms. The average molecular weight is 264 g/mol. The summed E-state index contributed by atoms with van der Waals surface area (Å²) < 4.78 is 13.7. The highest BCUT2D eigenvalue weighted by Crippen LogP contribution is 2.14. The van der Waals surface area contributed by atoms with Crippen molar-refractivity contribution in [2.45, 2.75) is 58.0 Å². The van der Waals surface area contributed by atoms with Crippen molar-refractivity contribution in [3.63, 3.8) is 0 Å². The molecule has 1 aromatic rings. The zero-order chi connectivity index (χ0) is 14.1. The minimum absolute atomic E-state index is 0.0749. The lowest BCUT2D eigenvalue weighted by molar-refractivity contribution is 0.288. The normalized spacial score (nSPS) is 12.3. The van der Waals surface area contributed by atoms with Crippen molar-refractivity contribution < 1.29 is 4.39 Å². The van der Waals surface area contributed by atoms with Crippen molar-refractivity contribution in [3.05, 3.63) is 35.4 Å². The second kappa shape index (κ2) is 8.68. The summed E-state index contributed by atoms with van der Waals surface area (Å²) in [6, 6.07) is 7.51. The Balaban J connectivity index is 2.25. The lowest BCUT2D eigenvalue weighted by Crippen LogP contribution is -2.10. The van der Waals surface area contributed by atoms with Gasteiger partial charge in [-0.25, -0.2) is 4.39 Å². The molecule has 1 rings (SSSR count). The van der Waals surface area contributed by atoms with E-state index >= 15 is 0 Å². The van der Waals surface area contributed by atoms with Gasteiger partial charge in [-0.3, -0.25) is 5.41 Å². The molecule has 0 spiro atoms. The van der Waals surface area contributed by atoms with Crippen LogP contribution in [-0.4, -0.2) is 12.0 Å². The molecular formula is C16H25FN2. The summed E-state index contributed by atoms with van der Waals surface area (Å²) in [5, 5.41) is 7.30. The number of halogens is 1. The van der Waals surface area contributed by atoms with Gasteiger partial charge in [-0.1, -0.05) is 56.9 Å². The van der Waals surface area contributed by atoms with Crippen LogP contribution in [0.25, 0.3) is 0 Å². The van der Waals surface area contributed by atoms with E-state index in [0.717, 1.165) is 30.4 Å². The zero-order valence-corrected chi connectivity index (χ0v) is 11.8. The topological polar surface area (TPSA) is 49.9 Å². The Bertz CT molecular complexity index is 373. The molecule has 3 N–H and O–H groups in total. The van der Waals surface area contributed by atoms with Crippen molar-refractivity contribution in [2.75, 3.05) is 0 Å². The van der Waals surface area contributed by atoms with Gasteiger partial charge in [-0.15, -0.1) is 0 Å². The molecule has 0 aliphatic carbocycles. The van der Waals surface area contributed by atoms with Gasteiger partial charge in [0.1, 0.15) is 12.0 Å². The number of nitrogens with two attached hydrogens (primary N) is 1. The number of aryl methyl sites for hydroxylation is 1. The molecule has 0 unspecified atom stereocenters. The molecule has 0 aliphatic rings. The minimum Gasteiger partial charge on any atom is -0.384 e. The van der Waals surface area contributed by atoms with Gasteiger partial charge >= 0.3 is 0 Å². The van der Waals surface area contributed by atoms with Crippen LogP contribution in [-0.2, 0) is 6.42 Å². The summed E-state index contributed by atoms with van der Waals surface area (Å²) in [5.41, 5.74) is 7.22. The first kappa shape index (κ1) is 15.7. The van der Waals surface area contributed by atoms with Gasteiger partial charge in [0.2, 0.25) is 0 Å². The van der Waals surface area contributed by atoms with Crippen LogP contribution < -0.4 is 5.73 Å². The van der Waals surface area contributed by atoms with Crippen molar-refractivity contribution >= 4 is 5.84 Å². The second-order valence-corrected chi connectivity index (χ2v) is 5.10. The van der Waals surface area contributed by atoms with Crippen molar-refractivity contribution in [1.29, 1.82) is 5.41 Å². The second-order valence-electron chi connectivity index (χ2n) is 5.10. The summed E-state index contributed by atoms with van der Waals surface area (Å²) in [7, 11) is 0. The smallest absolute Gasteiger partial charge is 0.122 e. The molecular weight excluding hydrogens is 239 g/mol. The van der Waals surface area contributed by atoms with Crippen LogP contribution in [0, 0.1) is 5.41 Å². The van der Waals surface area contributed by atoms with Gasteiger partial charge in [0.05, 0.1) is 0 Å². The van der Waals surface area contributed by atoms with Crippen LogP contribution in [0.2, 0.25) is 0 Å². The SMILES string of the molecule is CCCCCC[C@H](F)CCc1ccc(C(=N)N)cc1. The molecule has 19 heavy (non-hydrogen) atoms. The Morgan fingerprint density at radius 2 is 1.84 bits per heavy atom. The maximum Gasteiger partial charge on any atom is 0.122 e. The average Bonchev–Trinajstić information content (AvgIpc) is 2.42. The number of alkyl halides is 1. The number of hydrogen-bond donors (Lipinski definition) is 2. The molecule has 0 aromatic heterocycles. The molecule has 0 saturated carbocycles. The van der Waals surface area contributed by atoms with Crippen LogP contribution in [0.15, 0.2) is 24.3 Å².